The van der Waals surface area contributed by atoms with E-state index < -0.39 is 0 Å². The summed E-state index contributed by atoms with van der Waals surface area (Å²) in [7, 11) is 0. The van der Waals surface area contributed by atoms with Crippen molar-refractivity contribution in [2.24, 2.45) is 0 Å². The van der Waals surface area contributed by atoms with Crippen molar-refractivity contribution >= 4 is 23.9 Å². The van der Waals surface area contributed by atoms with Gasteiger partial charge in [-0.25, -0.2) is 4.98 Å². The summed E-state index contributed by atoms with van der Waals surface area (Å²) in [6, 6.07) is 10.0. The molecule has 1 aromatic carbocycles. The molecule has 0 aliphatic rings. The highest BCUT2D eigenvalue weighted by atomic mass is 32.2. The minimum absolute atomic E-state index is 0.119. The number of rotatable bonds is 5. The van der Waals surface area contributed by atoms with Gasteiger partial charge in [-0.1, -0.05) is 74.1 Å². The number of hydrogen-bond acceptors (Lipinski definition) is 6. The number of aromatic nitrogens is 5. The molecule has 124 valence electrons. The van der Waals surface area contributed by atoms with Crippen molar-refractivity contribution in [2.75, 3.05) is 0 Å². The van der Waals surface area contributed by atoms with Crippen molar-refractivity contribution in [1.82, 2.24) is 25.3 Å². The molecule has 0 aliphatic carbocycles. The van der Waals surface area contributed by atoms with Crippen LogP contribution in [0, 0.1) is 0 Å². The highest BCUT2D eigenvalue weighted by Crippen LogP contribution is 2.22. The molecule has 2 aromatic heterocycles. The highest BCUT2D eigenvalue weighted by Gasteiger charge is 2.21. The summed E-state index contributed by atoms with van der Waals surface area (Å²) in [5, 5.41) is 11.8. The molecule has 3 rings (SSSR count). The third-order valence-corrected chi connectivity index (χ3v) is 4.01. The maximum Gasteiger partial charge on any atom is 0.237 e. The van der Waals surface area contributed by atoms with Crippen LogP contribution in [0.3, 0.4) is 0 Å². The van der Waals surface area contributed by atoms with E-state index in [9.17, 15) is 0 Å². The van der Waals surface area contributed by atoms with Crippen LogP contribution >= 0.6 is 11.8 Å². The van der Waals surface area contributed by atoms with Crippen molar-refractivity contribution in [3.63, 3.8) is 0 Å². The molecule has 7 heteroatoms. The SMILES string of the molecule is CC(C)(C)c1noc(CSc2n[nH]c(C=Cc3ccccc3)n2)n1. The Hall–Kier alpha value is -2.41. The second kappa shape index (κ2) is 7.00. The molecular weight excluding hydrogens is 322 g/mol. The number of nitrogens with one attached hydrogen (secondary N) is 1. The second-order valence-corrected chi connectivity index (χ2v) is 7.24. The molecule has 24 heavy (non-hydrogen) atoms. The summed E-state index contributed by atoms with van der Waals surface area (Å²) in [6.07, 6.45) is 3.89. The molecule has 2 heterocycles. The van der Waals surface area contributed by atoms with Gasteiger partial charge in [-0.15, -0.1) is 5.10 Å². The van der Waals surface area contributed by atoms with Gasteiger partial charge < -0.3 is 4.52 Å². The Labute approximate surface area is 144 Å². The zero-order valence-corrected chi connectivity index (χ0v) is 14.7. The molecule has 1 N–H and O–H groups in total. The average molecular weight is 341 g/mol. The first-order valence-electron chi connectivity index (χ1n) is 7.62. The third-order valence-electron chi connectivity index (χ3n) is 3.18. The van der Waals surface area contributed by atoms with Crippen LogP contribution in [0.15, 0.2) is 40.0 Å². The Kier molecular flexibility index (Phi) is 4.80. The van der Waals surface area contributed by atoms with Gasteiger partial charge in [0.05, 0.1) is 5.75 Å². The monoisotopic (exact) mass is 341 g/mol. The van der Waals surface area contributed by atoms with Crippen LogP contribution in [0.5, 0.6) is 0 Å². The van der Waals surface area contributed by atoms with Crippen molar-refractivity contribution in [1.29, 1.82) is 0 Å². The van der Waals surface area contributed by atoms with E-state index in [1.807, 2.05) is 42.5 Å². The van der Waals surface area contributed by atoms with Gasteiger partial charge in [-0.05, 0) is 11.6 Å². The topological polar surface area (TPSA) is 80.5 Å². The smallest absolute Gasteiger partial charge is 0.237 e. The molecule has 0 aliphatic heterocycles. The Morgan fingerprint density at radius 1 is 1.12 bits per heavy atom. The van der Waals surface area contributed by atoms with Gasteiger partial charge in [0.1, 0.15) is 5.82 Å². The molecule has 0 fully saturated rings. The van der Waals surface area contributed by atoms with E-state index in [1.165, 1.54) is 11.8 Å². The quantitative estimate of drug-likeness (QED) is 0.708. The highest BCUT2D eigenvalue weighted by molar-refractivity contribution is 7.98. The first-order chi connectivity index (χ1) is 11.5. The predicted molar refractivity (Wildman–Crippen MR) is 94.3 cm³/mol. The van der Waals surface area contributed by atoms with Crippen LogP contribution in [0.2, 0.25) is 0 Å². The van der Waals surface area contributed by atoms with E-state index in [-0.39, 0.29) is 5.41 Å². The molecule has 0 unspecified atom stereocenters. The number of nitrogens with zero attached hydrogens (tertiary/aromatic N) is 4. The van der Waals surface area contributed by atoms with E-state index in [1.54, 1.807) is 0 Å². The molecule has 0 saturated heterocycles. The molecule has 6 nitrogen and oxygen atoms in total. The average Bonchev–Trinajstić information content (AvgIpc) is 3.21. The molecule has 0 radical (unpaired) electrons. The van der Waals surface area contributed by atoms with E-state index in [4.69, 9.17) is 4.52 Å². The Bertz CT molecular complexity index is 817. The first-order valence-corrected chi connectivity index (χ1v) is 8.61. The molecular formula is C17H19N5OS. The van der Waals surface area contributed by atoms with E-state index in [2.05, 4.69) is 46.1 Å². The lowest BCUT2D eigenvalue weighted by Crippen LogP contribution is -2.13. The van der Waals surface area contributed by atoms with E-state index in [0.717, 1.165) is 5.56 Å². The molecule has 0 amide bonds. The maximum absolute atomic E-state index is 5.26. The summed E-state index contributed by atoms with van der Waals surface area (Å²) in [4.78, 5) is 8.82. The fourth-order valence-electron chi connectivity index (χ4n) is 1.88. The predicted octanol–water partition coefficient (Wildman–Crippen LogP) is 3.95. The second-order valence-electron chi connectivity index (χ2n) is 6.30. The standard InChI is InChI=1S/C17H19N5OS/c1-17(2,3)15-19-14(23-22-15)11-24-16-18-13(20-21-16)10-9-12-7-5-4-6-8-12/h4-10H,11H2,1-3H3,(H,18,20,21). The van der Waals surface area contributed by atoms with Gasteiger partial charge in [0.2, 0.25) is 11.0 Å². The van der Waals surface area contributed by atoms with Crippen LogP contribution in [-0.4, -0.2) is 25.3 Å². The Morgan fingerprint density at radius 3 is 2.62 bits per heavy atom. The summed E-state index contributed by atoms with van der Waals surface area (Å²) >= 11 is 1.46. The zero-order chi connectivity index (χ0) is 17.0. The van der Waals surface area contributed by atoms with Crippen molar-refractivity contribution < 1.29 is 4.52 Å². The van der Waals surface area contributed by atoms with Gasteiger partial charge in [0, 0.05) is 5.41 Å². The number of benzene rings is 1. The fourth-order valence-corrected chi connectivity index (χ4v) is 2.52. The Balaban J connectivity index is 1.58. The first kappa shape index (κ1) is 16.4. The van der Waals surface area contributed by atoms with Crippen molar-refractivity contribution in [3.8, 4) is 0 Å². The van der Waals surface area contributed by atoms with Crippen LogP contribution in [0.4, 0.5) is 0 Å². The van der Waals surface area contributed by atoms with Gasteiger partial charge in [-0.2, -0.15) is 4.98 Å². The minimum atomic E-state index is -0.119. The van der Waals surface area contributed by atoms with Crippen LogP contribution in [0.1, 0.15) is 43.9 Å². The third kappa shape index (κ3) is 4.32. The number of aromatic amines is 1. The van der Waals surface area contributed by atoms with Crippen LogP contribution in [-0.2, 0) is 11.2 Å². The van der Waals surface area contributed by atoms with Gasteiger partial charge in [0.25, 0.3) is 0 Å². The van der Waals surface area contributed by atoms with Gasteiger partial charge in [-0.3, -0.25) is 5.10 Å². The fraction of sp³-hybridized carbons (Fsp3) is 0.294. The largest absolute Gasteiger partial charge is 0.338 e. The van der Waals surface area contributed by atoms with Crippen LogP contribution < -0.4 is 0 Å². The molecule has 3 aromatic rings. The van der Waals surface area contributed by atoms with Crippen LogP contribution in [0.25, 0.3) is 12.2 Å². The molecule has 0 spiro atoms. The van der Waals surface area contributed by atoms with E-state index in [0.29, 0.717) is 28.4 Å². The lowest BCUT2D eigenvalue weighted by molar-refractivity contribution is 0.373. The zero-order valence-electron chi connectivity index (χ0n) is 13.9. The van der Waals surface area contributed by atoms with Crippen molar-refractivity contribution in [2.45, 2.75) is 37.1 Å². The normalized spacial score (nSPS) is 12.1. The van der Waals surface area contributed by atoms with Crippen molar-refractivity contribution in [3.05, 3.63) is 53.4 Å². The maximum atomic E-state index is 5.26. The number of thioether (sulfide) groups is 1. The number of hydrogen-bond donors (Lipinski definition) is 1. The van der Waals surface area contributed by atoms with E-state index >= 15 is 0 Å². The summed E-state index contributed by atoms with van der Waals surface area (Å²) < 4.78 is 5.26. The van der Waals surface area contributed by atoms with Gasteiger partial charge in [0.15, 0.2) is 5.82 Å². The van der Waals surface area contributed by atoms with Gasteiger partial charge >= 0.3 is 0 Å². The summed E-state index contributed by atoms with van der Waals surface area (Å²) in [5.74, 6) is 2.54. The summed E-state index contributed by atoms with van der Waals surface area (Å²) in [5.41, 5.74) is 0.996. The minimum Gasteiger partial charge on any atom is -0.338 e. The molecule has 0 bridgehead atoms. The Morgan fingerprint density at radius 2 is 1.92 bits per heavy atom. The lowest BCUT2D eigenvalue weighted by atomic mass is 9.96. The molecule has 0 saturated carbocycles. The molecule has 0 atom stereocenters. The number of H-pyrrole nitrogens is 1. The lowest BCUT2D eigenvalue weighted by Gasteiger charge is -2.10. The summed E-state index contributed by atoms with van der Waals surface area (Å²) in [6.45, 7) is 6.15.